The largest absolute Gasteiger partial charge is 0.496 e. The Labute approximate surface area is 93.9 Å². The lowest BCUT2D eigenvalue weighted by molar-refractivity contribution is -0.384. The Bertz CT molecular complexity index is 416. The molecule has 0 radical (unpaired) electrons. The van der Waals surface area contributed by atoms with Crippen LogP contribution in [0.15, 0.2) is 30.4 Å². The molecule has 1 aromatic rings. The Balaban J connectivity index is 2.95. The van der Waals surface area contributed by atoms with Gasteiger partial charge in [0.2, 0.25) is 0 Å². The summed E-state index contributed by atoms with van der Waals surface area (Å²) < 4.78 is 4.99. The average molecular weight is 222 g/mol. The van der Waals surface area contributed by atoms with Crippen LogP contribution in [-0.4, -0.2) is 18.6 Å². The zero-order valence-electron chi connectivity index (χ0n) is 9.32. The molecule has 0 aromatic heterocycles. The van der Waals surface area contributed by atoms with Gasteiger partial charge in [-0.1, -0.05) is 12.2 Å². The first kappa shape index (κ1) is 12.0. The molecule has 0 aliphatic carbocycles. The molecule has 1 aromatic carbocycles. The minimum atomic E-state index is -0.450. The van der Waals surface area contributed by atoms with Crippen molar-refractivity contribution in [3.05, 3.63) is 40.5 Å². The molecule has 0 bridgehead atoms. The third-order valence-corrected chi connectivity index (χ3v) is 1.93. The normalized spacial score (nSPS) is 9.62. The molecule has 0 atom stereocenters. The Morgan fingerprint density at radius 3 is 2.75 bits per heavy atom. The molecule has 0 aliphatic heterocycles. The van der Waals surface area contributed by atoms with Gasteiger partial charge in [0.15, 0.2) is 0 Å². The van der Waals surface area contributed by atoms with Crippen LogP contribution in [0.5, 0.6) is 5.75 Å². The highest BCUT2D eigenvalue weighted by atomic mass is 16.6. The van der Waals surface area contributed by atoms with E-state index in [-0.39, 0.29) is 5.69 Å². The number of methoxy groups -OCH3 is 1. The second-order valence-corrected chi connectivity index (χ2v) is 3.49. The van der Waals surface area contributed by atoms with Gasteiger partial charge in [-0.25, -0.2) is 0 Å². The van der Waals surface area contributed by atoms with Crippen LogP contribution in [0.1, 0.15) is 6.92 Å². The average Bonchev–Trinajstić information content (AvgIpc) is 2.25. The molecule has 0 heterocycles. The van der Waals surface area contributed by atoms with E-state index in [0.29, 0.717) is 18.0 Å². The number of nitrogens with one attached hydrogen (secondary N) is 1. The van der Waals surface area contributed by atoms with Crippen molar-refractivity contribution >= 4 is 11.4 Å². The molecule has 86 valence electrons. The Hall–Kier alpha value is -2.04. The summed E-state index contributed by atoms with van der Waals surface area (Å²) >= 11 is 0. The van der Waals surface area contributed by atoms with E-state index in [2.05, 4.69) is 11.9 Å². The predicted molar refractivity (Wildman–Crippen MR) is 63.0 cm³/mol. The van der Waals surface area contributed by atoms with Crippen molar-refractivity contribution in [2.24, 2.45) is 0 Å². The quantitative estimate of drug-likeness (QED) is 0.472. The molecule has 5 heteroatoms. The molecular weight excluding hydrogens is 208 g/mol. The smallest absolute Gasteiger partial charge is 0.275 e. The standard InChI is InChI=1S/C11H14N2O3/c1-8(2)7-12-9-4-10(13(14)15)6-11(5-9)16-3/h4-6,12H,1,7H2,2-3H3. The number of nitro benzene ring substituents is 1. The number of anilines is 1. The number of hydrogen-bond donors (Lipinski definition) is 1. The fraction of sp³-hybridized carbons (Fsp3) is 0.273. The maximum Gasteiger partial charge on any atom is 0.275 e. The van der Waals surface area contributed by atoms with E-state index in [1.54, 1.807) is 6.07 Å². The number of hydrogen-bond acceptors (Lipinski definition) is 4. The van der Waals surface area contributed by atoms with Gasteiger partial charge in [0.25, 0.3) is 5.69 Å². The van der Waals surface area contributed by atoms with Crippen molar-refractivity contribution in [2.45, 2.75) is 6.92 Å². The van der Waals surface area contributed by atoms with Crippen LogP contribution in [0, 0.1) is 10.1 Å². The van der Waals surface area contributed by atoms with E-state index in [4.69, 9.17) is 4.74 Å². The topological polar surface area (TPSA) is 64.4 Å². The zero-order valence-corrected chi connectivity index (χ0v) is 9.32. The van der Waals surface area contributed by atoms with Gasteiger partial charge in [0, 0.05) is 24.4 Å². The molecule has 0 amide bonds. The number of ether oxygens (including phenoxy) is 1. The van der Waals surface area contributed by atoms with E-state index in [1.165, 1.54) is 19.2 Å². The van der Waals surface area contributed by atoms with Crippen LogP contribution in [0.25, 0.3) is 0 Å². The van der Waals surface area contributed by atoms with Crippen molar-refractivity contribution in [2.75, 3.05) is 19.0 Å². The van der Waals surface area contributed by atoms with Gasteiger partial charge in [-0.15, -0.1) is 0 Å². The lowest BCUT2D eigenvalue weighted by Gasteiger charge is -2.07. The van der Waals surface area contributed by atoms with Crippen molar-refractivity contribution in [1.29, 1.82) is 0 Å². The predicted octanol–water partition coefficient (Wildman–Crippen LogP) is 2.59. The maximum absolute atomic E-state index is 10.7. The first-order chi connectivity index (χ1) is 7.52. The molecule has 0 saturated carbocycles. The summed E-state index contributed by atoms with van der Waals surface area (Å²) in [6.45, 7) is 6.19. The highest BCUT2D eigenvalue weighted by Crippen LogP contribution is 2.25. The van der Waals surface area contributed by atoms with E-state index in [0.717, 1.165) is 5.57 Å². The minimum absolute atomic E-state index is 0.00330. The Kier molecular flexibility index (Phi) is 3.88. The summed E-state index contributed by atoms with van der Waals surface area (Å²) in [6, 6.07) is 4.55. The van der Waals surface area contributed by atoms with Crippen molar-refractivity contribution in [3.8, 4) is 5.75 Å². The summed E-state index contributed by atoms with van der Waals surface area (Å²) in [5, 5.41) is 13.7. The van der Waals surface area contributed by atoms with Gasteiger partial charge in [-0.05, 0) is 6.92 Å². The van der Waals surface area contributed by atoms with Crippen LogP contribution < -0.4 is 10.1 Å². The summed E-state index contributed by atoms with van der Waals surface area (Å²) in [7, 11) is 1.47. The molecule has 1 rings (SSSR count). The van der Waals surface area contributed by atoms with E-state index in [1.807, 2.05) is 6.92 Å². The van der Waals surface area contributed by atoms with Crippen LogP contribution in [0.3, 0.4) is 0 Å². The second kappa shape index (κ2) is 5.16. The molecule has 0 saturated heterocycles. The first-order valence-corrected chi connectivity index (χ1v) is 4.74. The van der Waals surface area contributed by atoms with Gasteiger partial charge in [0.05, 0.1) is 18.1 Å². The van der Waals surface area contributed by atoms with Gasteiger partial charge >= 0.3 is 0 Å². The molecule has 0 spiro atoms. The van der Waals surface area contributed by atoms with Crippen molar-refractivity contribution in [1.82, 2.24) is 0 Å². The van der Waals surface area contributed by atoms with E-state index in [9.17, 15) is 10.1 Å². The summed E-state index contributed by atoms with van der Waals surface area (Å²) in [4.78, 5) is 10.2. The molecule has 1 N–H and O–H groups in total. The fourth-order valence-electron chi connectivity index (χ4n) is 1.16. The highest BCUT2D eigenvalue weighted by molar-refractivity contribution is 5.56. The van der Waals surface area contributed by atoms with Gasteiger partial charge in [-0.2, -0.15) is 0 Å². The lowest BCUT2D eigenvalue weighted by Crippen LogP contribution is -2.02. The van der Waals surface area contributed by atoms with E-state index >= 15 is 0 Å². The minimum Gasteiger partial charge on any atom is -0.496 e. The second-order valence-electron chi connectivity index (χ2n) is 3.49. The molecule has 5 nitrogen and oxygen atoms in total. The monoisotopic (exact) mass is 222 g/mol. The molecule has 0 aliphatic rings. The van der Waals surface area contributed by atoms with Crippen LogP contribution in [0.4, 0.5) is 11.4 Å². The summed E-state index contributed by atoms with van der Waals surface area (Å²) in [5.41, 5.74) is 1.60. The molecular formula is C11H14N2O3. The summed E-state index contributed by atoms with van der Waals surface area (Å²) in [5.74, 6) is 0.457. The Morgan fingerprint density at radius 1 is 1.56 bits per heavy atom. The fourth-order valence-corrected chi connectivity index (χ4v) is 1.16. The van der Waals surface area contributed by atoms with Crippen LogP contribution >= 0.6 is 0 Å². The molecule has 0 fully saturated rings. The van der Waals surface area contributed by atoms with Crippen molar-refractivity contribution < 1.29 is 9.66 Å². The van der Waals surface area contributed by atoms with Crippen LogP contribution in [0.2, 0.25) is 0 Å². The molecule has 0 unspecified atom stereocenters. The third kappa shape index (κ3) is 3.27. The lowest BCUT2D eigenvalue weighted by atomic mass is 10.2. The first-order valence-electron chi connectivity index (χ1n) is 4.74. The van der Waals surface area contributed by atoms with Gasteiger partial charge < -0.3 is 10.1 Å². The number of nitro groups is 1. The highest BCUT2D eigenvalue weighted by Gasteiger charge is 2.09. The SMILES string of the molecule is C=C(C)CNc1cc(OC)cc([N+](=O)[O-])c1. The summed E-state index contributed by atoms with van der Waals surface area (Å²) in [6.07, 6.45) is 0. The van der Waals surface area contributed by atoms with Crippen molar-refractivity contribution in [3.63, 3.8) is 0 Å². The number of nitrogens with zero attached hydrogens (tertiary/aromatic N) is 1. The maximum atomic E-state index is 10.7. The Morgan fingerprint density at radius 2 is 2.25 bits per heavy atom. The number of non-ortho nitro benzene ring substituents is 1. The van der Waals surface area contributed by atoms with Gasteiger partial charge in [-0.3, -0.25) is 10.1 Å². The zero-order chi connectivity index (χ0) is 12.1. The molecule has 16 heavy (non-hydrogen) atoms. The third-order valence-electron chi connectivity index (χ3n) is 1.93. The van der Waals surface area contributed by atoms with Crippen LogP contribution in [-0.2, 0) is 0 Å². The van der Waals surface area contributed by atoms with E-state index < -0.39 is 4.92 Å². The number of benzene rings is 1. The number of rotatable bonds is 5. The van der Waals surface area contributed by atoms with Gasteiger partial charge in [0.1, 0.15) is 5.75 Å².